The van der Waals surface area contributed by atoms with Crippen molar-refractivity contribution in [3.63, 3.8) is 0 Å². The first-order chi connectivity index (χ1) is 13.3. The molecule has 0 aliphatic heterocycles. The Morgan fingerprint density at radius 2 is 1.96 bits per heavy atom. The van der Waals surface area contributed by atoms with Gasteiger partial charge in [-0.25, -0.2) is 13.9 Å². The normalized spacial score (nSPS) is 11.4. The number of para-hydroxylation sites is 1. The second-order valence-electron chi connectivity index (χ2n) is 6.30. The Morgan fingerprint density at radius 3 is 2.81 bits per heavy atom. The van der Waals surface area contributed by atoms with Gasteiger partial charge in [-0.3, -0.25) is 0 Å². The van der Waals surface area contributed by atoms with Gasteiger partial charge in [0.2, 0.25) is 10.1 Å². The van der Waals surface area contributed by atoms with E-state index in [4.69, 9.17) is 0 Å². The van der Waals surface area contributed by atoms with Crippen molar-refractivity contribution < 1.29 is 4.39 Å². The zero-order chi connectivity index (χ0) is 18.2. The molecule has 2 aromatic carbocycles. The number of nitrogens with zero attached hydrogens (tertiary/aromatic N) is 3. The van der Waals surface area contributed by atoms with E-state index in [0.29, 0.717) is 0 Å². The molecule has 0 unspecified atom stereocenters. The first-order valence-corrected chi connectivity index (χ1v) is 9.49. The van der Waals surface area contributed by atoms with Gasteiger partial charge in [-0.2, -0.15) is 0 Å². The number of H-pyrrole nitrogens is 1. The van der Waals surface area contributed by atoms with Crippen LogP contribution in [0, 0.1) is 5.82 Å². The van der Waals surface area contributed by atoms with Crippen molar-refractivity contribution in [2.45, 2.75) is 6.42 Å². The van der Waals surface area contributed by atoms with Crippen molar-refractivity contribution >= 4 is 32.3 Å². The molecule has 0 aliphatic rings. The lowest BCUT2D eigenvalue weighted by atomic mass is 10.1. The summed E-state index contributed by atoms with van der Waals surface area (Å²) < 4.78 is 14.8. The summed E-state index contributed by atoms with van der Waals surface area (Å²) >= 11 is 1.50. The Bertz CT molecular complexity index is 1190. The standard InChI is InChI=1S/C20H16FN5S/c21-15-7-5-13(6-8-15)18-12-26-20(24-18)27-19(25-26)22-10-9-14-11-23-17-4-2-1-3-16(14)17/h1-8,11-12,23H,9-10H2,(H,22,25). The largest absolute Gasteiger partial charge is 0.361 e. The van der Waals surface area contributed by atoms with Crippen LogP contribution in [0.2, 0.25) is 0 Å². The molecule has 5 aromatic rings. The van der Waals surface area contributed by atoms with E-state index in [1.165, 1.54) is 34.4 Å². The van der Waals surface area contributed by atoms with E-state index < -0.39 is 0 Å². The second kappa shape index (κ2) is 6.51. The van der Waals surface area contributed by atoms with E-state index in [1.54, 1.807) is 16.6 Å². The molecule has 0 spiro atoms. The van der Waals surface area contributed by atoms with Crippen LogP contribution in [0.25, 0.3) is 27.1 Å². The fourth-order valence-corrected chi connectivity index (χ4v) is 3.98. The molecule has 2 N–H and O–H groups in total. The third kappa shape index (κ3) is 3.06. The summed E-state index contributed by atoms with van der Waals surface area (Å²) in [5.74, 6) is -0.250. The van der Waals surface area contributed by atoms with Crippen molar-refractivity contribution in [1.29, 1.82) is 0 Å². The van der Waals surface area contributed by atoms with Crippen molar-refractivity contribution in [2.24, 2.45) is 0 Å². The van der Waals surface area contributed by atoms with E-state index in [1.807, 2.05) is 12.3 Å². The van der Waals surface area contributed by atoms with Gasteiger partial charge < -0.3 is 10.3 Å². The number of aromatic nitrogens is 4. The van der Waals surface area contributed by atoms with Crippen LogP contribution in [0.5, 0.6) is 0 Å². The predicted molar refractivity (Wildman–Crippen MR) is 107 cm³/mol. The third-order valence-corrected chi connectivity index (χ3v) is 5.41. The van der Waals surface area contributed by atoms with Gasteiger partial charge in [-0.15, -0.1) is 5.10 Å². The van der Waals surface area contributed by atoms with E-state index >= 15 is 0 Å². The summed E-state index contributed by atoms with van der Waals surface area (Å²) in [7, 11) is 0. The number of aromatic amines is 1. The first-order valence-electron chi connectivity index (χ1n) is 8.67. The lowest BCUT2D eigenvalue weighted by molar-refractivity contribution is 0.628. The number of rotatable bonds is 5. The number of nitrogens with one attached hydrogen (secondary N) is 2. The van der Waals surface area contributed by atoms with E-state index in [-0.39, 0.29) is 5.82 Å². The smallest absolute Gasteiger partial charge is 0.214 e. The monoisotopic (exact) mass is 377 g/mol. The zero-order valence-corrected chi connectivity index (χ0v) is 15.1. The number of benzene rings is 2. The Balaban J connectivity index is 1.28. The topological polar surface area (TPSA) is 58.0 Å². The molecule has 0 saturated heterocycles. The molecule has 0 fully saturated rings. The number of imidazole rings is 1. The summed E-state index contributed by atoms with van der Waals surface area (Å²) in [5, 5.41) is 10.0. The molecular formula is C20H16FN5S. The average molecular weight is 377 g/mol. The highest BCUT2D eigenvalue weighted by atomic mass is 32.1. The maximum atomic E-state index is 13.1. The number of halogens is 1. The van der Waals surface area contributed by atoms with Crippen molar-refractivity contribution in [2.75, 3.05) is 11.9 Å². The zero-order valence-electron chi connectivity index (χ0n) is 14.3. The van der Waals surface area contributed by atoms with E-state index in [0.717, 1.165) is 39.8 Å². The Kier molecular flexibility index (Phi) is 3.86. The molecule has 0 atom stereocenters. The van der Waals surface area contributed by atoms with Gasteiger partial charge in [0.25, 0.3) is 0 Å². The molecule has 3 aromatic heterocycles. The van der Waals surface area contributed by atoms with Crippen molar-refractivity contribution in [3.8, 4) is 11.3 Å². The van der Waals surface area contributed by atoms with E-state index in [2.05, 4.69) is 44.8 Å². The first kappa shape index (κ1) is 16.0. The minimum absolute atomic E-state index is 0.250. The van der Waals surface area contributed by atoms with Crippen LogP contribution in [0.4, 0.5) is 9.52 Å². The Morgan fingerprint density at radius 1 is 1.11 bits per heavy atom. The fraction of sp³-hybridized carbons (Fsp3) is 0.100. The quantitative estimate of drug-likeness (QED) is 0.465. The average Bonchev–Trinajstić information content (AvgIpc) is 3.36. The van der Waals surface area contributed by atoms with Gasteiger partial charge in [-0.1, -0.05) is 29.5 Å². The van der Waals surface area contributed by atoms with Gasteiger partial charge >= 0.3 is 0 Å². The summed E-state index contributed by atoms with van der Waals surface area (Å²) in [6.07, 6.45) is 4.84. The summed E-state index contributed by atoms with van der Waals surface area (Å²) in [5.41, 5.74) is 4.12. The highest BCUT2D eigenvalue weighted by Crippen LogP contribution is 2.25. The van der Waals surface area contributed by atoms with Crippen LogP contribution in [-0.2, 0) is 6.42 Å². The van der Waals surface area contributed by atoms with Crippen LogP contribution in [0.3, 0.4) is 0 Å². The molecule has 134 valence electrons. The second-order valence-corrected chi connectivity index (χ2v) is 7.26. The predicted octanol–water partition coefficient (Wildman–Crippen LogP) is 4.73. The molecule has 0 amide bonds. The molecule has 0 radical (unpaired) electrons. The van der Waals surface area contributed by atoms with Crippen LogP contribution >= 0.6 is 11.3 Å². The van der Waals surface area contributed by atoms with Crippen LogP contribution in [0.15, 0.2) is 60.9 Å². The van der Waals surface area contributed by atoms with Gasteiger partial charge in [0.15, 0.2) is 0 Å². The maximum Gasteiger partial charge on any atom is 0.214 e. The van der Waals surface area contributed by atoms with Gasteiger partial charge in [0.05, 0.1) is 11.9 Å². The minimum Gasteiger partial charge on any atom is -0.361 e. The van der Waals surface area contributed by atoms with Gasteiger partial charge in [0, 0.05) is 29.2 Å². The molecule has 5 rings (SSSR count). The molecule has 5 nitrogen and oxygen atoms in total. The SMILES string of the molecule is Fc1ccc(-c2cn3nc(NCCc4c[nH]c5ccccc45)sc3n2)cc1. The summed E-state index contributed by atoms with van der Waals surface area (Å²) in [6.45, 7) is 0.795. The molecule has 0 aliphatic carbocycles. The molecule has 27 heavy (non-hydrogen) atoms. The van der Waals surface area contributed by atoms with Gasteiger partial charge in [0.1, 0.15) is 5.82 Å². The van der Waals surface area contributed by atoms with Crippen LogP contribution < -0.4 is 5.32 Å². The van der Waals surface area contributed by atoms with E-state index in [9.17, 15) is 4.39 Å². The lowest BCUT2D eigenvalue weighted by Gasteiger charge is -2.01. The summed E-state index contributed by atoms with van der Waals surface area (Å²) in [4.78, 5) is 8.69. The fourth-order valence-electron chi connectivity index (χ4n) is 3.17. The molecule has 7 heteroatoms. The molecular weight excluding hydrogens is 361 g/mol. The molecule has 3 heterocycles. The Labute approximate surface area is 158 Å². The molecule has 0 saturated carbocycles. The van der Waals surface area contributed by atoms with Crippen molar-refractivity contribution in [3.05, 3.63) is 72.3 Å². The Hall–Kier alpha value is -3.19. The minimum atomic E-state index is -0.250. The highest BCUT2D eigenvalue weighted by molar-refractivity contribution is 7.20. The number of hydrogen-bond acceptors (Lipinski definition) is 4. The number of hydrogen-bond donors (Lipinski definition) is 2. The summed E-state index contributed by atoms with van der Waals surface area (Å²) in [6, 6.07) is 14.6. The van der Waals surface area contributed by atoms with Crippen LogP contribution in [-0.4, -0.2) is 26.1 Å². The number of fused-ring (bicyclic) bond motifs is 2. The highest BCUT2D eigenvalue weighted by Gasteiger charge is 2.10. The third-order valence-electron chi connectivity index (χ3n) is 4.53. The van der Waals surface area contributed by atoms with Gasteiger partial charge in [-0.05, 0) is 42.3 Å². The lowest BCUT2D eigenvalue weighted by Crippen LogP contribution is -2.04. The number of anilines is 1. The maximum absolute atomic E-state index is 13.1. The van der Waals surface area contributed by atoms with Crippen molar-refractivity contribution in [1.82, 2.24) is 19.6 Å². The molecule has 0 bridgehead atoms. The van der Waals surface area contributed by atoms with Crippen LogP contribution in [0.1, 0.15) is 5.56 Å².